The maximum absolute atomic E-state index is 12.0. The third-order valence-electron chi connectivity index (χ3n) is 3.49. The van der Waals surface area contributed by atoms with Crippen LogP contribution in [0.5, 0.6) is 0 Å². The maximum Gasteiger partial charge on any atom is 0.243 e. The molecule has 0 spiro atoms. The average Bonchev–Trinajstić information content (AvgIpc) is 2.84. The highest BCUT2D eigenvalue weighted by Crippen LogP contribution is 2.09. The Morgan fingerprint density at radius 1 is 1.48 bits per heavy atom. The van der Waals surface area contributed by atoms with Crippen LogP contribution in [0.1, 0.15) is 24.0 Å². The first-order chi connectivity index (χ1) is 9.95. The first-order valence-corrected chi connectivity index (χ1v) is 6.90. The van der Waals surface area contributed by atoms with Gasteiger partial charge in [-0.3, -0.25) is 14.4 Å². The van der Waals surface area contributed by atoms with Gasteiger partial charge in [0.2, 0.25) is 17.7 Å². The van der Waals surface area contributed by atoms with E-state index in [2.05, 4.69) is 10.6 Å². The summed E-state index contributed by atoms with van der Waals surface area (Å²) in [5, 5.41) is 5.19. The van der Waals surface area contributed by atoms with E-state index >= 15 is 0 Å². The largest absolute Gasteiger partial charge is 0.368 e. The van der Waals surface area contributed by atoms with Gasteiger partial charge in [-0.25, -0.2) is 0 Å². The zero-order chi connectivity index (χ0) is 15.4. The Labute approximate surface area is 123 Å². The average molecular weight is 289 g/mol. The van der Waals surface area contributed by atoms with E-state index in [1.54, 1.807) is 0 Å². The Kier molecular flexibility index (Phi) is 4.57. The van der Waals surface area contributed by atoms with Crippen molar-refractivity contribution in [3.63, 3.8) is 0 Å². The number of nitrogens with two attached hydrogens (primary N) is 1. The molecule has 1 fully saturated rings. The predicted octanol–water partition coefficient (Wildman–Crippen LogP) is -0.214. The van der Waals surface area contributed by atoms with Crippen LogP contribution >= 0.6 is 0 Å². The normalized spacial score (nSPS) is 18.9. The second-order valence-corrected chi connectivity index (χ2v) is 5.32. The van der Waals surface area contributed by atoms with Gasteiger partial charge in [0.1, 0.15) is 12.1 Å². The molecule has 1 saturated heterocycles. The molecule has 1 aliphatic heterocycles. The van der Waals surface area contributed by atoms with Crippen LogP contribution in [0.2, 0.25) is 0 Å². The molecule has 4 N–H and O–H groups in total. The van der Waals surface area contributed by atoms with Crippen LogP contribution in [0.25, 0.3) is 0 Å². The molecule has 0 aromatic heterocycles. The van der Waals surface area contributed by atoms with E-state index in [1.165, 1.54) is 0 Å². The molecule has 0 radical (unpaired) electrons. The Bertz CT molecular complexity index is 571. The lowest BCUT2D eigenvalue weighted by Gasteiger charge is -2.18. The van der Waals surface area contributed by atoms with Gasteiger partial charge >= 0.3 is 0 Å². The van der Waals surface area contributed by atoms with Crippen LogP contribution in [0, 0.1) is 6.92 Å². The van der Waals surface area contributed by atoms with Crippen molar-refractivity contribution in [3.05, 3.63) is 35.4 Å². The minimum Gasteiger partial charge on any atom is -0.368 e. The van der Waals surface area contributed by atoms with Crippen LogP contribution in [-0.4, -0.2) is 29.8 Å². The van der Waals surface area contributed by atoms with E-state index in [4.69, 9.17) is 5.73 Å². The lowest BCUT2D eigenvalue weighted by molar-refractivity contribution is -0.129. The van der Waals surface area contributed by atoms with E-state index in [-0.39, 0.29) is 11.8 Å². The van der Waals surface area contributed by atoms with Crippen LogP contribution < -0.4 is 16.4 Å². The topological polar surface area (TPSA) is 101 Å². The number of carbonyl (C=O) groups excluding carboxylic acids is 3. The number of carbonyl (C=O) groups is 3. The van der Waals surface area contributed by atoms with Crippen LogP contribution in [0.15, 0.2) is 24.3 Å². The smallest absolute Gasteiger partial charge is 0.243 e. The number of rotatable bonds is 5. The third-order valence-corrected chi connectivity index (χ3v) is 3.49. The predicted molar refractivity (Wildman–Crippen MR) is 77.2 cm³/mol. The van der Waals surface area contributed by atoms with Crippen molar-refractivity contribution >= 4 is 17.7 Å². The third kappa shape index (κ3) is 4.05. The summed E-state index contributed by atoms with van der Waals surface area (Å²) in [6.45, 7) is 1.95. The number of nitrogens with one attached hydrogen (secondary N) is 2. The fourth-order valence-electron chi connectivity index (χ4n) is 2.38. The molecule has 1 heterocycles. The summed E-state index contributed by atoms with van der Waals surface area (Å²) < 4.78 is 0. The zero-order valence-corrected chi connectivity index (χ0v) is 11.9. The first kappa shape index (κ1) is 15.0. The van der Waals surface area contributed by atoms with Crippen molar-refractivity contribution in [2.24, 2.45) is 5.73 Å². The van der Waals surface area contributed by atoms with Gasteiger partial charge in [-0.15, -0.1) is 0 Å². The molecule has 3 amide bonds. The minimum atomic E-state index is -0.781. The van der Waals surface area contributed by atoms with Gasteiger partial charge in [0.05, 0.1) is 0 Å². The number of hydrogen-bond acceptors (Lipinski definition) is 3. The molecule has 21 heavy (non-hydrogen) atoms. The lowest BCUT2D eigenvalue weighted by Crippen LogP contribution is -2.51. The summed E-state index contributed by atoms with van der Waals surface area (Å²) in [5.74, 6) is -1.10. The summed E-state index contributed by atoms with van der Waals surface area (Å²) in [7, 11) is 0. The molecule has 1 aromatic carbocycles. The quantitative estimate of drug-likeness (QED) is 0.699. The Morgan fingerprint density at radius 2 is 2.24 bits per heavy atom. The van der Waals surface area contributed by atoms with Gasteiger partial charge in [-0.2, -0.15) is 0 Å². The van der Waals surface area contributed by atoms with Gasteiger partial charge in [-0.05, 0) is 18.9 Å². The molecule has 0 aliphatic carbocycles. The molecular formula is C15H19N3O3. The molecule has 1 aliphatic rings. The molecule has 0 unspecified atom stereocenters. The fourth-order valence-corrected chi connectivity index (χ4v) is 2.38. The fraction of sp³-hybridized carbons (Fsp3) is 0.400. The zero-order valence-electron chi connectivity index (χ0n) is 11.9. The second kappa shape index (κ2) is 6.39. The van der Waals surface area contributed by atoms with Crippen molar-refractivity contribution in [2.75, 3.05) is 0 Å². The van der Waals surface area contributed by atoms with E-state index in [0.717, 1.165) is 11.1 Å². The molecule has 0 bridgehead atoms. The van der Waals surface area contributed by atoms with E-state index < -0.39 is 18.0 Å². The van der Waals surface area contributed by atoms with Crippen molar-refractivity contribution in [1.82, 2.24) is 10.6 Å². The van der Waals surface area contributed by atoms with Crippen LogP contribution in [0.3, 0.4) is 0 Å². The van der Waals surface area contributed by atoms with Gasteiger partial charge in [0.25, 0.3) is 0 Å². The summed E-state index contributed by atoms with van der Waals surface area (Å²) >= 11 is 0. The number of benzene rings is 1. The summed E-state index contributed by atoms with van der Waals surface area (Å²) in [4.78, 5) is 34.7. The SMILES string of the molecule is Cc1cccc(C[C@H](NC(=O)[C@H]2CCC(=O)N2)C(N)=O)c1. The van der Waals surface area contributed by atoms with E-state index in [9.17, 15) is 14.4 Å². The van der Waals surface area contributed by atoms with E-state index in [0.29, 0.717) is 19.3 Å². The molecule has 2 rings (SSSR count). The molecule has 6 nitrogen and oxygen atoms in total. The van der Waals surface area contributed by atoms with Crippen molar-refractivity contribution in [2.45, 2.75) is 38.3 Å². The Hall–Kier alpha value is -2.37. The summed E-state index contributed by atoms with van der Waals surface area (Å²) in [6.07, 6.45) is 1.11. The van der Waals surface area contributed by atoms with Crippen LogP contribution in [0.4, 0.5) is 0 Å². The van der Waals surface area contributed by atoms with E-state index in [1.807, 2.05) is 31.2 Å². The Balaban J connectivity index is 2.00. The number of primary amides is 1. The number of aryl methyl sites for hydroxylation is 1. The molecule has 112 valence electrons. The molecule has 6 heteroatoms. The van der Waals surface area contributed by atoms with Gasteiger partial charge in [0, 0.05) is 12.8 Å². The van der Waals surface area contributed by atoms with Crippen molar-refractivity contribution in [3.8, 4) is 0 Å². The highest BCUT2D eigenvalue weighted by atomic mass is 16.2. The number of hydrogen-bond donors (Lipinski definition) is 3. The van der Waals surface area contributed by atoms with Crippen LogP contribution in [-0.2, 0) is 20.8 Å². The van der Waals surface area contributed by atoms with Gasteiger partial charge in [0.15, 0.2) is 0 Å². The lowest BCUT2D eigenvalue weighted by atomic mass is 10.0. The Morgan fingerprint density at radius 3 is 2.81 bits per heavy atom. The highest BCUT2D eigenvalue weighted by Gasteiger charge is 2.29. The summed E-state index contributed by atoms with van der Waals surface area (Å²) in [6, 6.07) is 6.32. The number of amides is 3. The van der Waals surface area contributed by atoms with Crippen molar-refractivity contribution in [1.29, 1.82) is 0 Å². The monoisotopic (exact) mass is 289 g/mol. The van der Waals surface area contributed by atoms with Gasteiger partial charge < -0.3 is 16.4 Å². The molecule has 2 atom stereocenters. The standard InChI is InChI=1S/C15H19N3O3/c1-9-3-2-4-10(7-9)8-12(14(16)20)18-15(21)11-5-6-13(19)17-11/h2-4,7,11-12H,5-6,8H2,1H3,(H2,16,20)(H,17,19)(H,18,21)/t11-,12+/m1/s1. The second-order valence-electron chi connectivity index (χ2n) is 5.32. The molecular weight excluding hydrogens is 270 g/mol. The first-order valence-electron chi connectivity index (χ1n) is 6.90. The van der Waals surface area contributed by atoms with Crippen molar-refractivity contribution < 1.29 is 14.4 Å². The molecule has 1 aromatic rings. The van der Waals surface area contributed by atoms with Gasteiger partial charge in [-0.1, -0.05) is 29.8 Å². The highest BCUT2D eigenvalue weighted by molar-refractivity contribution is 5.93. The maximum atomic E-state index is 12.0. The molecule has 0 saturated carbocycles. The summed E-state index contributed by atoms with van der Waals surface area (Å²) in [5.41, 5.74) is 7.36. The minimum absolute atomic E-state index is 0.149.